The average Bonchev–Trinajstić information content (AvgIpc) is 2.15. The molecule has 0 rings (SSSR count). The first-order valence-electron chi connectivity index (χ1n) is 3.75. The van der Waals surface area contributed by atoms with Gasteiger partial charge >= 0.3 is 5.97 Å². The number of rotatable bonds is 5. The van der Waals surface area contributed by atoms with Crippen molar-refractivity contribution in [2.24, 2.45) is 5.92 Å². The third-order valence-corrected chi connectivity index (χ3v) is 1.54. The van der Waals surface area contributed by atoms with E-state index in [0.29, 0.717) is 6.41 Å². The third kappa shape index (κ3) is 4.27. The van der Waals surface area contributed by atoms with Gasteiger partial charge in [-0.3, -0.25) is 9.59 Å². The lowest BCUT2D eigenvalue weighted by Crippen LogP contribution is -2.25. The maximum absolute atomic E-state index is 10.9. The molecule has 5 nitrogen and oxygen atoms in total. The second-order valence-corrected chi connectivity index (χ2v) is 2.45. The Morgan fingerprint density at radius 3 is 2.69 bits per heavy atom. The minimum Gasteiger partial charge on any atom is -0.469 e. The SMILES string of the molecule is COC(=O)C(C)C(O)C=CNC=O. The zero-order chi connectivity index (χ0) is 10.3. The number of nitrogens with one attached hydrogen (secondary N) is 1. The summed E-state index contributed by atoms with van der Waals surface area (Å²) in [5.41, 5.74) is 0. The van der Waals surface area contributed by atoms with Gasteiger partial charge in [0, 0.05) is 6.20 Å². The van der Waals surface area contributed by atoms with Crippen molar-refractivity contribution in [3.8, 4) is 0 Å². The van der Waals surface area contributed by atoms with Crippen molar-refractivity contribution in [2.75, 3.05) is 7.11 Å². The Kier molecular flexibility index (Phi) is 5.54. The van der Waals surface area contributed by atoms with Gasteiger partial charge in [0.1, 0.15) is 0 Å². The minimum absolute atomic E-state index is 0.464. The lowest BCUT2D eigenvalue weighted by Gasteiger charge is -2.12. The van der Waals surface area contributed by atoms with Crippen LogP contribution in [0.25, 0.3) is 0 Å². The molecule has 0 aliphatic rings. The van der Waals surface area contributed by atoms with E-state index in [1.165, 1.54) is 26.3 Å². The molecule has 13 heavy (non-hydrogen) atoms. The monoisotopic (exact) mass is 187 g/mol. The molecule has 0 aliphatic heterocycles. The fourth-order valence-electron chi connectivity index (χ4n) is 0.685. The number of carbonyl (C=O) groups is 2. The van der Waals surface area contributed by atoms with Crippen LogP contribution in [0.2, 0.25) is 0 Å². The number of aliphatic hydroxyl groups excluding tert-OH is 1. The third-order valence-electron chi connectivity index (χ3n) is 1.54. The summed E-state index contributed by atoms with van der Waals surface area (Å²) in [5.74, 6) is -1.14. The number of aliphatic hydroxyl groups is 1. The quantitative estimate of drug-likeness (QED) is 0.446. The molecule has 0 spiro atoms. The minimum atomic E-state index is -0.958. The number of hydrogen-bond acceptors (Lipinski definition) is 4. The van der Waals surface area contributed by atoms with Gasteiger partial charge in [0.25, 0.3) is 0 Å². The normalized spacial score (nSPS) is 15.0. The summed E-state index contributed by atoms with van der Waals surface area (Å²) in [6, 6.07) is 0. The molecule has 0 saturated carbocycles. The fraction of sp³-hybridized carbons (Fsp3) is 0.500. The van der Waals surface area contributed by atoms with Crippen LogP contribution in [0.4, 0.5) is 0 Å². The van der Waals surface area contributed by atoms with Gasteiger partial charge in [-0.05, 0) is 13.0 Å². The number of esters is 1. The Bertz CT molecular complexity index is 202. The molecule has 0 aromatic carbocycles. The van der Waals surface area contributed by atoms with Crippen molar-refractivity contribution in [3.63, 3.8) is 0 Å². The molecule has 0 aromatic heterocycles. The highest BCUT2D eigenvalue weighted by atomic mass is 16.5. The highest BCUT2D eigenvalue weighted by Crippen LogP contribution is 2.05. The maximum atomic E-state index is 10.9. The number of ether oxygens (including phenoxy) is 1. The molecule has 5 heteroatoms. The molecule has 0 aromatic rings. The molecule has 0 saturated heterocycles. The van der Waals surface area contributed by atoms with Crippen LogP contribution in [0, 0.1) is 5.92 Å². The van der Waals surface area contributed by atoms with Crippen LogP contribution in [0.1, 0.15) is 6.92 Å². The zero-order valence-corrected chi connectivity index (χ0v) is 7.56. The molecular weight excluding hydrogens is 174 g/mol. The molecule has 2 unspecified atom stereocenters. The molecule has 2 atom stereocenters. The van der Waals surface area contributed by atoms with Crippen molar-refractivity contribution in [3.05, 3.63) is 12.3 Å². The van der Waals surface area contributed by atoms with Gasteiger partial charge in [-0.25, -0.2) is 0 Å². The van der Waals surface area contributed by atoms with Gasteiger partial charge in [0.2, 0.25) is 6.41 Å². The number of carbonyl (C=O) groups excluding carboxylic acids is 2. The first-order chi connectivity index (χ1) is 6.13. The Hall–Kier alpha value is -1.36. The number of amides is 1. The van der Waals surface area contributed by atoms with Gasteiger partial charge in [-0.2, -0.15) is 0 Å². The fourth-order valence-corrected chi connectivity index (χ4v) is 0.685. The van der Waals surface area contributed by atoms with E-state index < -0.39 is 18.0 Å². The second-order valence-electron chi connectivity index (χ2n) is 2.45. The van der Waals surface area contributed by atoms with E-state index in [-0.39, 0.29) is 0 Å². The van der Waals surface area contributed by atoms with Gasteiger partial charge in [0.05, 0.1) is 19.1 Å². The van der Waals surface area contributed by atoms with E-state index in [4.69, 9.17) is 0 Å². The average molecular weight is 187 g/mol. The lowest BCUT2D eigenvalue weighted by molar-refractivity contribution is -0.147. The summed E-state index contributed by atoms with van der Waals surface area (Å²) in [7, 11) is 1.25. The van der Waals surface area contributed by atoms with E-state index in [1.807, 2.05) is 0 Å². The number of methoxy groups -OCH3 is 1. The topological polar surface area (TPSA) is 75.6 Å². The molecule has 0 radical (unpaired) electrons. The van der Waals surface area contributed by atoms with Crippen LogP contribution in [0.3, 0.4) is 0 Å². The molecule has 0 aliphatic carbocycles. The van der Waals surface area contributed by atoms with Crippen molar-refractivity contribution >= 4 is 12.4 Å². The van der Waals surface area contributed by atoms with Gasteiger partial charge in [-0.1, -0.05) is 0 Å². The Morgan fingerprint density at radius 2 is 2.23 bits per heavy atom. The van der Waals surface area contributed by atoms with Crippen molar-refractivity contribution in [2.45, 2.75) is 13.0 Å². The molecular formula is C8H13NO4. The van der Waals surface area contributed by atoms with Crippen LogP contribution in [-0.2, 0) is 14.3 Å². The number of hydrogen-bond donors (Lipinski definition) is 2. The van der Waals surface area contributed by atoms with Crippen LogP contribution in [0.5, 0.6) is 0 Å². The van der Waals surface area contributed by atoms with Crippen LogP contribution in [0.15, 0.2) is 12.3 Å². The molecule has 2 N–H and O–H groups in total. The molecule has 0 bridgehead atoms. The standard InChI is InChI=1S/C8H13NO4/c1-6(8(12)13-2)7(11)3-4-9-5-10/h3-7,11H,1-2H3,(H,9,10). The van der Waals surface area contributed by atoms with Crippen LogP contribution < -0.4 is 5.32 Å². The van der Waals surface area contributed by atoms with E-state index in [0.717, 1.165) is 0 Å². The van der Waals surface area contributed by atoms with Crippen molar-refractivity contribution in [1.29, 1.82) is 0 Å². The summed E-state index contributed by atoms with van der Waals surface area (Å²) < 4.78 is 4.42. The molecule has 1 amide bonds. The van der Waals surface area contributed by atoms with E-state index in [2.05, 4.69) is 10.1 Å². The Morgan fingerprint density at radius 1 is 1.62 bits per heavy atom. The van der Waals surface area contributed by atoms with Crippen LogP contribution in [-0.4, -0.2) is 30.7 Å². The second kappa shape index (κ2) is 6.19. The molecule has 0 fully saturated rings. The summed E-state index contributed by atoms with van der Waals surface area (Å²) in [6.45, 7) is 1.53. The van der Waals surface area contributed by atoms with E-state index >= 15 is 0 Å². The first-order valence-corrected chi connectivity index (χ1v) is 3.75. The highest BCUT2D eigenvalue weighted by molar-refractivity contribution is 5.72. The summed E-state index contributed by atoms with van der Waals surface area (Å²) in [6.07, 6.45) is 2.07. The zero-order valence-electron chi connectivity index (χ0n) is 7.56. The van der Waals surface area contributed by atoms with E-state index in [9.17, 15) is 14.7 Å². The highest BCUT2D eigenvalue weighted by Gasteiger charge is 2.19. The van der Waals surface area contributed by atoms with Crippen molar-refractivity contribution in [1.82, 2.24) is 5.32 Å². The first kappa shape index (κ1) is 11.6. The van der Waals surface area contributed by atoms with Crippen LogP contribution >= 0.6 is 0 Å². The summed E-state index contributed by atoms with van der Waals surface area (Å²) in [5, 5.41) is 11.5. The van der Waals surface area contributed by atoms with E-state index in [1.54, 1.807) is 0 Å². The predicted molar refractivity (Wildman–Crippen MR) is 45.5 cm³/mol. The summed E-state index contributed by atoms with van der Waals surface area (Å²) >= 11 is 0. The predicted octanol–water partition coefficient (Wildman–Crippen LogP) is -0.584. The Labute approximate surface area is 76.4 Å². The summed E-state index contributed by atoms with van der Waals surface area (Å²) in [4.78, 5) is 20.7. The molecule has 74 valence electrons. The smallest absolute Gasteiger partial charge is 0.311 e. The Balaban J connectivity index is 4.01. The maximum Gasteiger partial charge on any atom is 0.311 e. The van der Waals surface area contributed by atoms with Gasteiger partial charge in [0.15, 0.2) is 0 Å². The molecule has 0 heterocycles. The van der Waals surface area contributed by atoms with Gasteiger partial charge in [-0.15, -0.1) is 0 Å². The lowest BCUT2D eigenvalue weighted by atomic mass is 10.1. The largest absolute Gasteiger partial charge is 0.469 e. The van der Waals surface area contributed by atoms with Crippen molar-refractivity contribution < 1.29 is 19.4 Å². The van der Waals surface area contributed by atoms with Gasteiger partial charge < -0.3 is 15.2 Å².